The van der Waals surface area contributed by atoms with E-state index < -0.39 is 23.6 Å². The Morgan fingerprint density at radius 2 is 2.00 bits per heavy atom. The normalized spacial score (nSPS) is 16.6. The Labute approximate surface area is 183 Å². The van der Waals surface area contributed by atoms with Gasteiger partial charge in [0.05, 0.1) is 17.9 Å². The molecule has 0 fully saturated rings. The van der Waals surface area contributed by atoms with E-state index in [0.717, 1.165) is 5.56 Å². The largest absolute Gasteiger partial charge is 0.444 e. The number of alkyl carbamates (subject to hydrolysis) is 1. The first-order valence-electron chi connectivity index (χ1n) is 9.30. The van der Waals surface area contributed by atoms with Crippen LogP contribution in [0.15, 0.2) is 41.3 Å². The van der Waals surface area contributed by atoms with Gasteiger partial charge < -0.3 is 20.7 Å². The van der Waals surface area contributed by atoms with Gasteiger partial charge in [-0.15, -0.1) is 11.8 Å². The second-order valence-corrected chi connectivity index (χ2v) is 9.40. The van der Waals surface area contributed by atoms with E-state index in [1.54, 1.807) is 45.0 Å². The van der Waals surface area contributed by atoms with Crippen LogP contribution in [0.1, 0.15) is 26.3 Å². The summed E-state index contributed by atoms with van der Waals surface area (Å²) in [7, 11) is 0. The summed E-state index contributed by atoms with van der Waals surface area (Å²) in [6, 6.07) is 8.96. The lowest BCUT2D eigenvalue weighted by atomic mass is 10.1. The quantitative estimate of drug-likeness (QED) is 0.666. The molecule has 1 aliphatic rings. The van der Waals surface area contributed by atoms with Crippen molar-refractivity contribution in [3.63, 3.8) is 0 Å². The van der Waals surface area contributed by atoms with E-state index in [1.807, 2.05) is 0 Å². The maximum atomic E-state index is 14.1. The fraction of sp³-hybridized carbons (Fsp3) is 0.333. The lowest BCUT2D eigenvalue weighted by molar-refractivity contribution is -0.120. The molecule has 9 heteroatoms. The first-order chi connectivity index (χ1) is 14.0. The molecular weight excluding hydrogens is 429 g/mol. The van der Waals surface area contributed by atoms with Crippen molar-refractivity contribution in [3.05, 3.63) is 52.8 Å². The van der Waals surface area contributed by atoms with Gasteiger partial charge in [-0.25, -0.2) is 9.18 Å². The van der Waals surface area contributed by atoms with Gasteiger partial charge in [0, 0.05) is 15.7 Å². The van der Waals surface area contributed by atoms with Gasteiger partial charge in [-0.1, -0.05) is 23.7 Å². The molecule has 30 heavy (non-hydrogen) atoms. The van der Waals surface area contributed by atoms with Crippen LogP contribution in [0.3, 0.4) is 0 Å². The summed E-state index contributed by atoms with van der Waals surface area (Å²) < 4.78 is 19.4. The molecule has 6 nitrogen and oxygen atoms in total. The number of amides is 2. The molecule has 0 aromatic heterocycles. The average molecular weight is 452 g/mol. The van der Waals surface area contributed by atoms with E-state index in [-0.39, 0.29) is 23.9 Å². The zero-order valence-corrected chi connectivity index (χ0v) is 18.4. The molecule has 0 saturated carbocycles. The molecular formula is C21H23ClFN3O3S. The molecule has 2 aromatic rings. The van der Waals surface area contributed by atoms with Gasteiger partial charge in [0.15, 0.2) is 0 Å². The monoisotopic (exact) mass is 451 g/mol. The number of hydrogen-bond acceptors (Lipinski definition) is 5. The number of nitrogens with one attached hydrogen (secondary N) is 1. The van der Waals surface area contributed by atoms with Gasteiger partial charge >= 0.3 is 6.09 Å². The van der Waals surface area contributed by atoms with Crippen molar-refractivity contribution in [2.24, 2.45) is 0 Å². The third-order valence-corrected chi connectivity index (χ3v) is 5.67. The molecule has 2 aromatic carbocycles. The predicted molar refractivity (Wildman–Crippen MR) is 117 cm³/mol. The molecule has 3 rings (SSSR count). The van der Waals surface area contributed by atoms with Crippen molar-refractivity contribution in [2.45, 2.75) is 43.9 Å². The van der Waals surface area contributed by atoms with Crippen molar-refractivity contribution < 1.29 is 18.7 Å². The highest BCUT2D eigenvalue weighted by molar-refractivity contribution is 7.99. The Morgan fingerprint density at radius 1 is 1.33 bits per heavy atom. The fourth-order valence-electron chi connectivity index (χ4n) is 2.93. The Bertz CT molecular complexity index is 963. The number of anilines is 2. The summed E-state index contributed by atoms with van der Waals surface area (Å²) >= 11 is 7.23. The maximum absolute atomic E-state index is 14.1. The summed E-state index contributed by atoms with van der Waals surface area (Å²) in [5.41, 5.74) is 6.33. The van der Waals surface area contributed by atoms with Crippen LogP contribution in [0.2, 0.25) is 5.02 Å². The second-order valence-electron chi connectivity index (χ2n) is 7.90. The Balaban J connectivity index is 1.94. The number of rotatable bonds is 3. The number of carbonyl (C=O) groups is 2. The topological polar surface area (TPSA) is 84.7 Å². The van der Waals surface area contributed by atoms with E-state index in [4.69, 9.17) is 22.1 Å². The lowest BCUT2D eigenvalue weighted by Gasteiger charge is -2.27. The molecule has 0 bridgehead atoms. The first kappa shape index (κ1) is 22.2. The van der Waals surface area contributed by atoms with Crippen molar-refractivity contribution in [1.82, 2.24) is 5.32 Å². The number of hydrogen-bond donors (Lipinski definition) is 2. The Hall–Kier alpha value is -2.45. The molecule has 160 valence electrons. The zero-order chi connectivity index (χ0) is 22.1. The number of halogens is 2. The number of nitrogen functional groups attached to an aromatic ring is 1. The molecule has 0 radical (unpaired) electrons. The van der Waals surface area contributed by atoms with Crippen molar-refractivity contribution in [3.8, 4) is 0 Å². The summed E-state index contributed by atoms with van der Waals surface area (Å²) in [5, 5.41) is 3.21. The number of ether oxygens (including phenoxy) is 1. The Kier molecular flexibility index (Phi) is 6.47. The molecule has 0 spiro atoms. The molecule has 1 heterocycles. The lowest BCUT2D eigenvalue weighted by Crippen LogP contribution is -2.50. The number of nitrogens with zero attached hydrogens (tertiary/aromatic N) is 1. The van der Waals surface area contributed by atoms with Crippen LogP contribution in [-0.4, -0.2) is 29.4 Å². The highest BCUT2D eigenvalue weighted by Crippen LogP contribution is 2.38. The molecule has 1 aliphatic heterocycles. The minimum atomic E-state index is -0.853. The minimum Gasteiger partial charge on any atom is -0.444 e. The number of nitrogens with two attached hydrogens (primary N) is 1. The zero-order valence-electron chi connectivity index (χ0n) is 16.9. The van der Waals surface area contributed by atoms with E-state index >= 15 is 0 Å². The SMILES string of the molecule is CC(C)(C)OC(=O)N[C@H]1CSc2cc(F)c(N)cc2N(Cc2ccc(Cl)cc2)C1=O. The van der Waals surface area contributed by atoms with Gasteiger partial charge in [0.25, 0.3) is 5.91 Å². The third-order valence-electron chi connectivity index (χ3n) is 4.28. The molecule has 2 amide bonds. The van der Waals surface area contributed by atoms with Gasteiger partial charge in [-0.3, -0.25) is 4.79 Å². The third kappa shape index (κ3) is 5.37. The van der Waals surface area contributed by atoms with Gasteiger partial charge in [-0.2, -0.15) is 0 Å². The standard InChI is InChI=1S/C21H23ClFN3O3S/c1-21(2,3)29-20(28)25-16-11-30-18-8-14(23)15(24)9-17(18)26(19(16)27)10-12-4-6-13(22)7-5-12/h4-9,16H,10-11,24H2,1-3H3,(H,25,28)/t16-/m0/s1. The average Bonchev–Trinajstić information content (AvgIpc) is 2.75. The first-order valence-corrected chi connectivity index (χ1v) is 10.7. The smallest absolute Gasteiger partial charge is 0.408 e. The molecule has 0 unspecified atom stereocenters. The molecule has 0 aliphatic carbocycles. The minimum absolute atomic E-state index is 0.0539. The second kappa shape index (κ2) is 8.73. The van der Waals surface area contributed by atoms with Crippen LogP contribution in [-0.2, 0) is 16.1 Å². The van der Waals surface area contributed by atoms with Crippen molar-refractivity contribution >= 4 is 46.7 Å². The molecule has 0 saturated heterocycles. The van der Waals surface area contributed by atoms with Crippen LogP contribution >= 0.6 is 23.4 Å². The number of benzene rings is 2. The van der Waals surface area contributed by atoms with Crippen molar-refractivity contribution in [2.75, 3.05) is 16.4 Å². The van der Waals surface area contributed by atoms with E-state index in [0.29, 0.717) is 15.6 Å². The van der Waals surface area contributed by atoms with Crippen LogP contribution in [0.5, 0.6) is 0 Å². The predicted octanol–water partition coefficient (Wildman–Crippen LogP) is 4.59. The maximum Gasteiger partial charge on any atom is 0.408 e. The highest BCUT2D eigenvalue weighted by Gasteiger charge is 2.33. The van der Waals surface area contributed by atoms with Crippen LogP contribution in [0.4, 0.5) is 20.6 Å². The van der Waals surface area contributed by atoms with Crippen molar-refractivity contribution in [1.29, 1.82) is 0 Å². The van der Waals surface area contributed by atoms with E-state index in [9.17, 15) is 14.0 Å². The van der Waals surface area contributed by atoms with Crippen LogP contribution in [0.25, 0.3) is 0 Å². The highest BCUT2D eigenvalue weighted by atomic mass is 35.5. The number of carbonyl (C=O) groups excluding carboxylic acids is 2. The summed E-state index contributed by atoms with van der Waals surface area (Å²) in [5.74, 6) is -0.669. The van der Waals surface area contributed by atoms with Gasteiger partial charge in [0.2, 0.25) is 0 Å². The summed E-state index contributed by atoms with van der Waals surface area (Å²) in [6.45, 7) is 5.43. The number of thioether (sulfide) groups is 1. The van der Waals surface area contributed by atoms with Gasteiger partial charge in [0.1, 0.15) is 17.5 Å². The van der Waals surface area contributed by atoms with Crippen LogP contribution in [0, 0.1) is 5.82 Å². The fourth-order valence-corrected chi connectivity index (χ4v) is 4.13. The Morgan fingerprint density at radius 3 is 2.63 bits per heavy atom. The van der Waals surface area contributed by atoms with E-state index in [1.165, 1.54) is 28.8 Å². The van der Waals surface area contributed by atoms with Crippen LogP contribution < -0.4 is 16.0 Å². The van der Waals surface area contributed by atoms with Gasteiger partial charge in [-0.05, 0) is 50.6 Å². The molecule has 3 N–H and O–H groups in total. The summed E-state index contributed by atoms with van der Waals surface area (Å²) in [6.07, 6.45) is -0.690. The summed E-state index contributed by atoms with van der Waals surface area (Å²) in [4.78, 5) is 27.7. The number of fused-ring (bicyclic) bond motifs is 1. The molecule has 1 atom stereocenters. The van der Waals surface area contributed by atoms with E-state index in [2.05, 4.69) is 5.32 Å².